The molecule has 4 rings (SSSR count). The van der Waals surface area contributed by atoms with Crippen LogP contribution in [0.15, 0.2) is 53.2 Å². The summed E-state index contributed by atoms with van der Waals surface area (Å²) in [7, 11) is 0. The van der Waals surface area contributed by atoms with E-state index in [2.05, 4.69) is 14.7 Å². The van der Waals surface area contributed by atoms with Crippen LogP contribution < -0.4 is 4.74 Å². The first-order valence-electron chi connectivity index (χ1n) is 11.0. The zero-order valence-electron chi connectivity index (χ0n) is 18.8. The molecule has 172 valence electrons. The Labute approximate surface area is 196 Å². The molecule has 0 spiro atoms. The zero-order chi connectivity index (χ0) is 23.5. The van der Waals surface area contributed by atoms with Crippen LogP contribution >= 0.6 is 11.6 Å². The summed E-state index contributed by atoms with van der Waals surface area (Å²) in [4.78, 5) is 15.8. The van der Waals surface area contributed by atoms with Gasteiger partial charge >= 0.3 is 5.97 Å². The summed E-state index contributed by atoms with van der Waals surface area (Å²) in [6, 6.07) is 13.3. The van der Waals surface area contributed by atoms with Crippen molar-refractivity contribution in [1.82, 2.24) is 14.7 Å². The minimum atomic E-state index is -0.744. The average Bonchev–Trinajstić information content (AvgIpc) is 3.42. The molecule has 0 bridgehead atoms. The maximum atomic E-state index is 11.3. The molecule has 0 radical (unpaired) electrons. The highest BCUT2D eigenvalue weighted by atomic mass is 35.5. The fourth-order valence-corrected chi connectivity index (χ4v) is 4.00. The zero-order valence-corrected chi connectivity index (χ0v) is 19.5. The van der Waals surface area contributed by atoms with Gasteiger partial charge < -0.3 is 18.9 Å². The van der Waals surface area contributed by atoms with Crippen LogP contribution in [-0.2, 0) is 11.3 Å². The van der Waals surface area contributed by atoms with Crippen molar-refractivity contribution in [3.05, 3.63) is 53.7 Å². The minimum absolute atomic E-state index is 0.0279. The number of carboxylic acids is 1. The number of ether oxygens (including phenoxy) is 1. The monoisotopic (exact) mass is 467 g/mol. The Morgan fingerprint density at radius 3 is 2.67 bits per heavy atom. The summed E-state index contributed by atoms with van der Waals surface area (Å²) < 4.78 is 13.3. The van der Waals surface area contributed by atoms with Gasteiger partial charge in [-0.15, -0.1) is 0 Å². The number of fused-ring (bicyclic) bond motifs is 1. The fourth-order valence-electron chi connectivity index (χ4n) is 3.77. The highest BCUT2D eigenvalue weighted by molar-refractivity contribution is 6.32. The lowest BCUT2D eigenvalue weighted by Crippen LogP contribution is -2.15. The molecule has 4 aromatic rings. The van der Waals surface area contributed by atoms with Gasteiger partial charge in [0.25, 0.3) is 5.89 Å². The molecule has 1 N–H and O–H groups in total. The Morgan fingerprint density at radius 1 is 1.18 bits per heavy atom. The van der Waals surface area contributed by atoms with E-state index in [0.717, 1.165) is 22.0 Å². The van der Waals surface area contributed by atoms with Crippen LogP contribution in [0.1, 0.15) is 33.6 Å². The number of rotatable bonds is 9. The van der Waals surface area contributed by atoms with Crippen LogP contribution in [0.5, 0.6) is 5.75 Å². The number of carboxylic acid groups (broad SMARTS) is 1. The van der Waals surface area contributed by atoms with Crippen molar-refractivity contribution in [3.63, 3.8) is 0 Å². The summed E-state index contributed by atoms with van der Waals surface area (Å²) in [6.07, 6.45) is 3.22. The molecule has 2 aromatic heterocycles. The maximum absolute atomic E-state index is 11.3. The predicted molar refractivity (Wildman–Crippen MR) is 127 cm³/mol. The molecule has 0 saturated heterocycles. The van der Waals surface area contributed by atoms with E-state index in [4.69, 9.17) is 20.9 Å². The van der Waals surface area contributed by atoms with Crippen LogP contribution in [0.3, 0.4) is 0 Å². The average molecular weight is 468 g/mol. The smallest absolute Gasteiger partial charge is 0.306 e. The third-order valence-corrected chi connectivity index (χ3v) is 5.85. The van der Waals surface area contributed by atoms with Crippen LogP contribution in [0.25, 0.3) is 33.7 Å². The van der Waals surface area contributed by atoms with Crippen molar-refractivity contribution >= 4 is 28.5 Å². The third kappa shape index (κ3) is 5.03. The number of carbonyl (C=O) groups is 1. The second-order valence-electron chi connectivity index (χ2n) is 8.25. The minimum Gasteiger partial charge on any atom is -0.489 e. The van der Waals surface area contributed by atoms with Gasteiger partial charge in [0.2, 0.25) is 5.82 Å². The van der Waals surface area contributed by atoms with E-state index in [0.29, 0.717) is 41.9 Å². The predicted octanol–water partition coefficient (Wildman–Crippen LogP) is 6.30. The van der Waals surface area contributed by atoms with E-state index in [1.165, 1.54) is 0 Å². The highest BCUT2D eigenvalue weighted by Gasteiger charge is 2.16. The topological polar surface area (TPSA) is 90.4 Å². The highest BCUT2D eigenvalue weighted by Crippen LogP contribution is 2.31. The van der Waals surface area contributed by atoms with E-state index in [1.54, 1.807) is 12.1 Å². The Morgan fingerprint density at radius 2 is 1.97 bits per heavy atom. The molecule has 0 amide bonds. The number of hydrogen-bond donors (Lipinski definition) is 1. The summed E-state index contributed by atoms with van der Waals surface area (Å²) in [5.41, 5.74) is 2.58. The van der Waals surface area contributed by atoms with Gasteiger partial charge in [0.1, 0.15) is 5.75 Å². The van der Waals surface area contributed by atoms with Crippen LogP contribution in [-0.4, -0.2) is 31.9 Å². The van der Waals surface area contributed by atoms with Gasteiger partial charge in [0, 0.05) is 34.8 Å². The molecule has 0 saturated carbocycles. The Balaban J connectivity index is 1.53. The summed E-state index contributed by atoms with van der Waals surface area (Å²) in [5.74, 6) is 0.391. The fraction of sp³-hybridized carbons (Fsp3) is 0.320. The third-order valence-electron chi connectivity index (χ3n) is 5.56. The lowest BCUT2D eigenvalue weighted by molar-refractivity contribution is -0.142. The molecular formula is C25H26ClN3O4. The number of halogens is 1. The van der Waals surface area contributed by atoms with Gasteiger partial charge in [0.15, 0.2) is 0 Å². The molecule has 0 aliphatic carbocycles. The van der Waals surface area contributed by atoms with Gasteiger partial charge in [0.05, 0.1) is 17.0 Å². The molecule has 2 heterocycles. The Hall–Kier alpha value is -3.32. The van der Waals surface area contributed by atoms with E-state index < -0.39 is 5.97 Å². The molecule has 0 aliphatic heterocycles. The van der Waals surface area contributed by atoms with Gasteiger partial charge in [-0.3, -0.25) is 4.79 Å². The number of aliphatic carboxylic acids is 1. The van der Waals surface area contributed by atoms with Gasteiger partial charge in [-0.2, -0.15) is 4.98 Å². The molecule has 1 unspecified atom stereocenters. The normalized spacial score (nSPS) is 12.4. The van der Waals surface area contributed by atoms with E-state index in [-0.39, 0.29) is 12.0 Å². The second-order valence-corrected chi connectivity index (χ2v) is 8.66. The number of aromatic nitrogens is 3. The van der Waals surface area contributed by atoms with E-state index in [1.807, 2.05) is 57.3 Å². The van der Waals surface area contributed by atoms with E-state index in [9.17, 15) is 9.90 Å². The van der Waals surface area contributed by atoms with Crippen molar-refractivity contribution in [2.45, 2.75) is 46.3 Å². The lowest BCUT2D eigenvalue weighted by Gasteiger charge is -2.11. The van der Waals surface area contributed by atoms with Gasteiger partial charge in [-0.05, 0) is 69.2 Å². The summed E-state index contributed by atoms with van der Waals surface area (Å²) in [6.45, 7) is 6.44. The number of nitrogens with zero attached hydrogens (tertiary/aromatic N) is 3. The number of aryl methyl sites for hydroxylation is 1. The SMILES string of the molecule is CCC(CCn1ccc2cc(-c3nc(-c4ccc(OC(C)C)c(Cl)c4)no3)ccc21)C(=O)O. The molecule has 0 aliphatic rings. The van der Waals surface area contributed by atoms with Gasteiger partial charge in [-0.1, -0.05) is 23.7 Å². The first kappa shape index (κ1) is 22.9. The molecule has 2 aromatic carbocycles. The van der Waals surface area contributed by atoms with Crippen LogP contribution in [0.4, 0.5) is 0 Å². The Kier molecular flexibility index (Phi) is 6.70. The van der Waals surface area contributed by atoms with Gasteiger partial charge in [-0.25, -0.2) is 0 Å². The largest absolute Gasteiger partial charge is 0.489 e. The quantitative estimate of drug-likeness (QED) is 0.310. The van der Waals surface area contributed by atoms with Crippen molar-refractivity contribution in [1.29, 1.82) is 0 Å². The molecule has 1 atom stereocenters. The van der Waals surface area contributed by atoms with Crippen LogP contribution in [0.2, 0.25) is 5.02 Å². The number of hydrogen-bond acceptors (Lipinski definition) is 5. The van der Waals surface area contributed by atoms with Crippen molar-refractivity contribution in [3.8, 4) is 28.6 Å². The number of benzene rings is 2. The molecule has 7 nitrogen and oxygen atoms in total. The maximum Gasteiger partial charge on any atom is 0.306 e. The molecule has 33 heavy (non-hydrogen) atoms. The summed E-state index contributed by atoms with van der Waals surface area (Å²) in [5, 5.41) is 14.9. The van der Waals surface area contributed by atoms with E-state index >= 15 is 0 Å². The van der Waals surface area contributed by atoms with Crippen molar-refractivity contribution in [2.75, 3.05) is 0 Å². The Bertz CT molecular complexity index is 1280. The first-order valence-corrected chi connectivity index (χ1v) is 11.4. The molecular weight excluding hydrogens is 442 g/mol. The standard InChI is InChI=1S/C25H26ClN3O4/c1-4-16(25(30)31)9-11-29-12-10-17-13-19(5-7-21(17)29)24-27-23(28-33-24)18-6-8-22(20(26)14-18)32-15(2)3/h5-8,10,12-16H,4,9,11H2,1-3H3,(H,30,31). The van der Waals surface area contributed by atoms with Crippen molar-refractivity contribution < 1.29 is 19.2 Å². The van der Waals surface area contributed by atoms with Crippen LogP contribution in [0, 0.1) is 5.92 Å². The first-order chi connectivity index (χ1) is 15.9. The lowest BCUT2D eigenvalue weighted by atomic mass is 10.0. The molecule has 0 fully saturated rings. The molecule has 8 heteroatoms. The second kappa shape index (κ2) is 9.67. The van der Waals surface area contributed by atoms with Crippen molar-refractivity contribution in [2.24, 2.45) is 5.92 Å². The summed E-state index contributed by atoms with van der Waals surface area (Å²) >= 11 is 6.34.